The average Bonchev–Trinajstić information content (AvgIpc) is 2.77. The summed E-state index contributed by atoms with van der Waals surface area (Å²) in [6.07, 6.45) is 0. The predicted octanol–water partition coefficient (Wildman–Crippen LogP) is 0.832. The van der Waals surface area contributed by atoms with Gasteiger partial charge in [-0.3, -0.25) is 0 Å². The molecule has 0 bridgehead atoms. The molecule has 2 aromatic heterocycles. The lowest BCUT2D eigenvalue weighted by atomic mass is 10.3. The predicted molar refractivity (Wildman–Crippen MR) is 78.1 cm³/mol. The van der Waals surface area contributed by atoms with Gasteiger partial charge in [-0.1, -0.05) is 0 Å². The first kappa shape index (κ1) is 14.0. The van der Waals surface area contributed by atoms with E-state index in [0.29, 0.717) is 19.0 Å². The molecule has 19 heavy (non-hydrogen) atoms. The topological polar surface area (TPSA) is 81.5 Å². The zero-order valence-electron chi connectivity index (χ0n) is 11.1. The Morgan fingerprint density at radius 1 is 1.26 bits per heavy atom. The molecule has 0 saturated carbocycles. The fraction of sp³-hybridized carbons (Fsp3) is 0.500. The van der Waals surface area contributed by atoms with Gasteiger partial charge in [0.25, 0.3) is 0 Å². The van der Waals surface area contributed by atoms with Gasteiger partial charge < -0.3 is 20.4 Å². The Morgan fingerprint density at radius 3 is 2.53 bits per heavy atom. The second kappa shape index (κ2) is 6.14. The third kappa shape index (κ3) is 2.94. The zero-order chi connectivity index (χ0) is 13.8. The summed E-state index contributed by atoms with van der Waals surface area (Å²) in [5.41, 5.74) is 0. The van der Waals surface area contributed by atoms with Crippen LogP contribution in [0, 0.1) is 6.92 Å². The Bertz CT molecular complexity index is 552. The van der Waals surface area contributed by atoms with Crippen LogP contribution in [0.15, 0.2) is 6.07 Å². The van der Waals surface area contributed by atoms with E-state index in [0.717, 1.165) is 20.9 Å². The maximum absolute atomic E-state index is 9.15. The van der Waals surface area contributed by atoms with Gasteiger partial charge in [-0.15, -0.1) is 11.3 Å². The molecule has 0 saturated heterocycles. The second-order valence-corrected chi connectivity index (χ2v) is 5.37. The second-order valence-electron chi connectivity index (χ2n) is 4.13. The van der Waals surface area contributed by atoms with Crippen LogP contribution < -0.4 is 10.2 Å². The summed E-state index contributed by atoms with van der Waals surface area (Å²) in [4.78, 5) is 12.8. The highest BCUT2D eigenvalue weighted by Gasteiger charge is 2.15. The first-order valence-electron chi connectivity index (χ1n) is 6.12. The maximum atomic E-state index is 9.15. The Labute approximate surface area is 115 Å². The van der Waals surface area contributed by atoms with E-state index < -0.39 is 0 Å². The van der Waals surface area contributed by atoms with Crippen LogP contribution in [0.1, 0.15) is 4.88 Å². The molecule has 0 aromatic carbocycles. The standard InChI is InChI=1S/C12H18N4O2S/c1-8-7-9-10(16(3-5-17)4-6-18)14-12(13-2)15-11(9)19-8/h7,17-18H,3-6H2,1-2H3,(H,13,14,15). The van der Waals surface area contributed by atoms with Crippen molar-refractivity contribution < 1.29 is 10.2 Å². The van der Waals surface area contributed by atoms with Gasteiger partial charge in [-0.25, -0.2) is 4.98 Å². The average molecular weight is 282 g/mol. The minimum atomic E-state index is 0.0174. The molecule has 3 N–H and O–H groups in total. The van der Waals surface area contributed by atoms with E-state index >= 15 is 0 Å². The Morgan fingerprint density at radius 2 is 1.95 bits per heavy atom. The Kier molecular flexibility index (Phi) is 4.52. The van der Waals surface area contributed by atoms with Crippen molar-refractivity contribution in [2.45, 2.75) is 6.92 Å². The number of thiophene rings is 1. The molecule has 0 aliphatic carbocycles. The molecule has 0 amide bonds. The van der Waals surface area contributed by atoms with Crippen LogP contribution in [0.3, 0.4) is 0 Å². The van der Waals surface area contributed by atoms with E-state index in [-0.39, 0.29) is 13.2 Å². The van der Waals surface area contributed by atoms with Crippen molar-refractivity contribution >= 4 is 33.3 Å². The largest absolute Gasteiger partial charge is 0.395 e. The molecule has 0 atom stereocenters. The number of anilines is 2. The highest BCUT2D eigenvalue weighted by molar-refractivity contribution is 7.18. The minimum Gasteiger partial charge on any atom is -0.395 e. The number of hydrogen-bond donors (Lipinski definition) is 3. The van der Waals surface area contributed by atoms with Crippen LogP contribution in [0.4, 0.5) is 11.8 Å². The van der Waals surface area contributed by atoms with Crippen molar-refractivity contribution in [3.05, 3.63) is 10.9 Å². The van der Waals surface area contributed by atoms with Gasteiger partial charge >= 0.3 is 0 Å². The molecule has 2 rings (SSSR count). The van der Waals surface area contributed by atoms with Crippen molar-refractivity contribution in [1.82, 2.24) is 9.97 Å². The summed E-state index contributed by atoms with van der Waals surface area (Å²) in [6, 6.07) is 2.04. The van der Waals surface area contributed by atoms with Crippen LogP contribution in [-0.4, -0.2) is 53.5 Å². The molecular weight excluding hydrogens is 264 g/mol. The van der Waals surface area contributed by atoms with E-state index in [1.165, 1.54) is 0 Å². The van der Waals surface area contributed by atoms with E-state index in [1.807, 2.05) is 17.9 Å². The number of aryl methyl sites for hydroxylation is 1. The number of fused-ring (bicyclic) bond motifs is 1. The summed E-state index contributed by atoms with van der Waals surface area (Å²) in [5, 5.41) is 22.2. The molecular formula is C12H18N4O2S. The third-order valence-corrected chi connectivity index (χ3v) is 3.70. The number of nitrogens with one attached hydrogen (secondary N) is 1. The summed E-state index contributed by atoms with van der Waals surface area (Å²) in [6.45, 7) is 2.93. The molecule has 0 aliphatic rings. The quantitative estimate of drug-likeness (QED) is 0.728. The van der Waals surface area contributed by atoms with E-state index in [1.54, 1.807) is 18.4 Å². The van der Waals surface area contributed by atoms with Crippen molar-refractivity contribution in [2.24, 2.45) is 0 Å². The number of nitrogens with zero attached hydrogens (tertiary/aromatic N) is 3. The zero-order valence-corrected chi connectivity index (χ0v) is 11.9. The molecule has 2 heterocycles. The normalized spacial score (nSPS) is 10.9. The van der Waals surface area contributed by atoms with Gasteiger partial charge in [0.2, 0.25) is 5.95 Å². The molecule has 2 aromatic rings. The van der Waals surface area contributed by atoms with Gasteiger partial charge in [-0.2, -0.15) is 4.98 Å². The fourth-order valence-corrected chi connectivity index (χ4v) is 2.82. The van der Waals surface area contributed by atoms with Gasteiger partial charge in [-0.05, 0) is 13.0 Å². The molecule has 0 unspecified atom stereocenters. The summed E-state index contributed by atoms with van der Waals surface area (Å²) >= 11 is 1.61. The molecule has 0 fully saturated rings. The minimum absolute atomic E-state index is 0.0174. The van der Waals surface area contributed by atoms with E-state index in [9.17, 15) is 0 Å². The first-order valence-corrected chi connectivity index (χ1v) is 6.94. The lowest BCUT2D eigenvalue weighted by Crippen LogP contribution is -2.30. The number of hydrogen-bond acceptors (Lipinski definition) is 7. The van der Waals surface area contributed by atoms with Gasteiger partial charge in [0.1, 0.15) is 10.6 Å². The van der Waals surface area contributed by atoms with Crippen molar-refractivity contribution in [1.29, 1.82) is 0 Å². The highest BCUT2D eigenvalue weighted by Crippen LogP contribution is 2.31. The third-order valence-electron chi connectivity index (χ3n) is 2.76. The van der Waals surface area contributed by atoms with E-state index in [2.05, 4.69) is 15.3 Å². The number of aliphatic hydroxyl groups excluding tert-OH is 2. The van der Waals surface area contributed by atoms with Gasteiger partial charge in [0.15, 0.2) is 0 Å². The van der Waals surface area contributed by atoms with E-state index in [4.69, 9.17) is 10.2 Å². The smallest absolute Gasteiger partial charge is 0.225 e. The highest BCUT2D eigenvalue weighted by atomic mass is 32.1. The molecule has 0 spiro atoms. The van der Waals surface area contributed by atoms with Crippen molar-refractivity contribution in [3.8, 4) is 0 Å². The van der Waals surface area contributed by atoms with Crippen LogP contribution >= 0.6 is 11.3 Å². The number of rotatable bonds is 6. The summed E-state index contributed by atoms with van der Waals surface area (Å²) < 4.78 is 0. The van der Waals surface area contributed by atoms with Crippen LogP contribution in [-0.2, 0) is 0 Å². The van der Waals surface area contributed by atoms with Crippen LogP contribution in [0.2, 0.25) is 0 Å². The first-order chi connectivity index (χ1) is 9.19. The molecule has 104 valence electrons. The van der Waals surface area contributed by atoms with Crippen LogP contribution in [0.25, 0.3) is 10.2 Å². The van der Waals surface area contributed by atoms with Gasteiger partial charge in [0, 0.05) is 25.0 Å². The Balaban J connectivity index is 2.54. The number of aliphatic hydroxyl groups is 2. The monoisotopic (exact) mass is 282 g/mol. The Hall–Kier alpha value is -1.44. The maximum Gasteiger partial charge on any atom is 0.225 e. The summed E-state index contributed by atoms with van der Waals surface area (Å²) in [5.74, 6) is 1.30. The summed E-state index contributed by atoms with van der Waals surface area (Å²) in [7, 11) is 1.77. The van der Waals surface area contributed by atoms with Crippen molar-refractivity contribution in [3.63, 3.8) is 0 Å². The lowest BCUT2D eigenvalue weighted by Gasteiger charge is -2.22. The molecule has 7 heteroatoms. The molecule has 0 aliphatic heterocycles. The molecule has 6 nitrogen and oxygen atoms in total. The van der Waals surface area contributed by atoms with Gasteiger partial charge in [0.05, 0.1) is 18.6 Å². The van der Waals surface area contributed by atoms with Crippen LogP contribution in [0.5, 0.6) is 0 Å². The number of aromatic nitrogens is 2. The lowest BCUT2D eigenvalue weighted by molar-refractivity contribution is 0.281. The fourth-order valence-electron chi connectivity index (χ4n) is 1.94. The SMILES string of the molecule is CNc1nc(N(CCO)CCO)c2cc(C)sc2n1. The van der Waals surface area contributed by atoms with Crippen molar-refractivity contribution in [2.75, 3.05) is 43.6 Å². The molecule has 0 radical (unpaired) electrons.